The van der Waals surface area contributed by atoms with Crippen LogP contribution in [-0.4, -0.2) is 107 Å². The Labute approximate surface area is 327 Å². The van der Waals surface area contributed by atoms with Crippen molar-refractivity contribution in [1.82, 2.24) is 20.4 Å². The first-order valence-electron chi connectivity index (χ1n) is 15.8. The Kier molecular flexibility index (Phi) is 12.9. The van der Waals surface area contributed by atoms with Gasteiger partial charge in [0.05, 0.1) is 57.5 Å². The first-order valence-corrected chi connectivity index (χ1v) is 17.4. The summed E-state index contributed by atoms with van der Waals surface area (Å²) in [6.07, 6.45) is -1.00. The SMILES string of the molecule is CNC(=O)c1ccc(C2=C(C(=O)OCOC(C)=O)N3C(=O)[C@H]([C@@H](C)O)[C@H]3C2)s1.CNC(=O)c1ccc(C2=C(C(=O)[O-])N3C(=O)[C@H]([C@@H](C)O)[C@H]3C2)s1.[Na+]. The number of hydrogen-bond donors (Lipinski definition) is 4. The fourth-order valence-electron chi connectivity index (χ4n) is 6.68. The molecule has 6 atom stereocenters. The molecule has 6 rings (SSSR count). The molecule has 4 amide bonds. The summed E-state index contributed by atoms with van der Waals surface area (Å²) in [4.78, 5) is 87.8. The van der Waals surface area contributed by atoms with Gasteiger partial charge in [0.15, 0.2) is 0 Å². The first-order chi connectivity index (χ1) is 24.1. The first kappa shape index (κ1) is 40.9. The number of aliphatic carboxylic acids is 1. The van der Waals surface area contributed by atoms with Gasteiger partial charge in [0, 0.05) is 36.3 Å². The number of ether oxygens (including phenoxy) is 2. The van der Waals surface area contributed by atoms with E-state index in [1.165, 1.54) is 67.3 Å². The van der Waals surface area contributed by atoms with Crippen molar-refractivity contribution in [2.75, 3.05) is 20.9 Å². The van der Waals surface area contributed by atoms with Gasteiger partial charge in [-0.05, 0) is 56.5 Å². The number of rotatable bonds is 10. The molecule has 0 spiro atoms. The molecule has 2 aromatic heterocycles. The summed E-state index contributed by atoms with van der Waals surface area (Å²) in [5.41, 5.74) is 0.952. The molecular weight excluding hydrogens is 732 g/mol. The number of β-lactam (4-membered cyclic amide) rings is 2. The fraction of sp³-hybridized carbons (Fsp3) is 0.424. The monoisotopic (exact) mass is 766 g/mol. The number of aliphatic hydroxyl groups excluding tert-OH is 2. The van der Waals surface area contributed by atoms with E-state index in [-0.39, 0.29) is 70.8 Å². The van der Waals surface area contributed by atoms with Crippen LogP contribution in [0.1, 0.15) is 62.7 Å². The van der Waals surface area contributed by atoms with E-state index in [9.17, 15) is 48.9 Å². The second-order valence-corrected chi connectivity index (χ2v) is 14.3. The molecule has 4 aliphatic rings. The number of carbonyl (C=O) groups excluding carboxylic acids is 7. The zero-order chi connectivity index (χ0) is 37.5. The van der Waals surface area contributed by atoms with E-state index in [2.05, 4.69) is 15.4 Å². The van der Waals surface area contributed by atoms with Gasteiger partial charge in [0.2, 0.25) is 18.6 Å². The molecule has 4 N–H and O–H groups in total. The maximum atomic E-state index is 12.6. The molecule has 2 aromatic rings. The number of fused-ring (bicyclic) bond motifs is 2. The number of esters is 2. The van der Waals surface area contributed by atoms with Crippen molar-refractivity contribution < 1.29 is 87.9 Å². The van der Waals surface area contributed by atoms with Crippen LogP contribution >= 0.6 is 22.7 Å². The number of aliphatic hydroxyl groups is 2. The van der Waals surface area contributed by atoms with Gasteiger partial charge in [-0.2, -0.15) is 0 Å². The van der Waals surface area contributed by atoms with E-state index in [4.69, 9.17) is 4.74 Å². The Morgan fingerprint density at radius 2 is 1.23 bits per heavy atom. The van der Waals surface area contributed by atoms with Crippen LogP contribution in [0.5, 0.6) is 0 Å². The quantitative estimate of drug-likeness (QED) is 0.0806. The Morgan fingerprint density at radius 1 is 0.808 bits per heavy atom. The standard InChI is InChI=1S/C18H20N2O7S.C15H16N2O5S.Na/c1-8(21)14-11-6-10(12-4-5-13(28-12)16(23)19-3)15(20(11)17(14)24)18(25)27-7-26-9(2)22;1-6(18)11-8-5-7(12(15(21)22)17(8)14(11)20)9-3-4-10(23-9)13(19)16-2;/h4-5,8,11,14,21H,6-7H2,1-3H3,(H,19,23);3-4,6,8,11,18H,5H2,1-2H3,(H,16,19)(H,21,22);/q;;+1/p-1/t8-,11-,14-;6-,8-,11-;/m11./s1. The number of thiophene rings is 2. The Hall–Kier alpha value is -3.91. The molecule has 19 heteroatoms. The Bertz CT molecular complexity index is 1880. The summed E-state index contributed by atoms with van der Waals surface area (Å²) in [6, 6.07) is 5.90. The number of hydrogen-bond acceptors (Lipinski definition) is 14. The summed E-state index contributed by atoms with van der Waals surface area (Å²) in [5.74, 6) is -5.30. The zero-order valence-corrected chi connectivity index (χ0v) is 32.7. The average molecular weight is 767 g/mol. The summed E-state index contributed by atoms with van der Waals surface area (Å²) in [5, 5.41) is 36.1. The predicted molar refractivity (Wildman–Crippen MR) is 178 cm³/mol. The fourth-order valence-corrected chi connectivity index (χ4v) is 8.70. The van der Waals surface area contributed by atoms with Gasteiger partial charge < -0.3 is 50.0 Å². The van der Waals surface area contributed by atoms with Crippen molar-refractivity contribution in [1.29, 1.82) is 0 Å². The number of nitrogens with zero attached hydrogens (tertiary/aromatic N) is 2. The number of carboxylic acids is 1. The molecule has 2 saturated heterocycles. The zero-order valence-electron chi connectivity index (χ0n) is 29.1. The van der Waals surface area contributed by atoms with Crippen molar-refractivity contribution in [3.05, 3.63) is 55.2 Å². The van der Waals surface area contributed by atoms with Crippen molar-refractivity contribution in [2.45, 2.75) is 57.9 Å². The Balaban J connectivity index is 0.000000232. The van der Waals surface area contributed by atoms with Crippen LogP contribution in [0.15, 0.2) is 35.7 Å². The molecule has 4 aliphatic heterocycles. The summed E-state index contributed by atoms with van der Waals surface area (Å²) in [6.45, 7) is 3.67. The molecule has 0 bridgehead atoms. The van der Waals surface area contributed by atoms with Crippen molar-refractivity contribution in [2.24, 2.45) is 11.8 Å². The van der Waals surface area contributed by atoms with E-state index >= 15 is 0 Å². The van der Waals surface area contributed by atoms with Crippen molar-refractivity contribution in [3.63, 3.8) is 0 Å². The third-order valence-corrected chi connectivity index (χ3v) is 11.3. The summed E-state index contributed by atoms with van der Waals surface area (Å²) >= 11 is 2.36. The summed E-state index contributed by atoms with van der Waals surface area (Å²) in [7, 11) is 3.03. The van der Waals surface area contributed by atoms with Crippen LogP contribution in [0.3, 0.4) is 0 Å². The van der Waals surface area contributed by atoms with Crippen molar-refractivity contribution in [3.8, 4) is 0 Å². The molecule has 2 fully saturated rings. The van der Waals surface area contributed by atoms with E-state index in [1.54, 1.807) is 24.3 Å². The molecule has 0 radical (unpaired) electrons. The number of carbonyl (C=O) groups is 7. The number of amides is 4. The van der Waals surface area contributed by atoms with Crippen LogP contribution in [0.4, 0.5) is 0 Å². The normalized spacial score (nSPS) is 22.4. The molecule has 0 saturated carbocycles. The maximum Gasteiger partial charge on any atom is 1.00 e. The smallest absolute Gasteiger partial charge is 0.543 e. The second-order valence-electron chi connectivity index (χ2n) is 12.1. The predicted octanol–water partition coefficient (Wildman–Crippen LogP) is -3.32. The molecule has 0 aliphatic carbocycles. The molecular formula is C33H35N4NaO12S2. The number of carboxylic acid groups (broad SMARTS) is 1. The van der Waals surface area contributed by atoms with Gasteiger partial charge in [-0.1, -0.05) is 0 Å². The Morgan fingerprint density at radius 3 is 1.62 bits per heavy atom. The second kappa shape index (κ2) is 16.4. The van der Waals surface area contributed by atoms with Gasteiger partial charge >= 0.3 is 41.5 Å². The van der Waals surface area contributed by atoms with E-state index in [1.807, 2.05) is 0 Å². The average Bonchev–Trinajstić information content (AvgIpc) is 3.86. The topological polar surface area (TPSA) is 232 Å². The van der Waals surface area contributed by atoms with E-state index in [0.29, 0.717) is 43.5 Å². The molecule has 272 valence electrons. The largest absolute Gasteiger partial charge is 1.00 e. The van der Waals surface area contributed by atoms with Gasteiger partial charge in [0.25, 0.3) is 11.8 Å². The van der Waals surface area contributed by atoms with E-state index < -0.39 is 54.7 Å². The van der Waals surface area contributed by atoms with Crippen LogP contribution in [0, 0.1) is 11.8 Å². The minimum absolute atomic E-state index is 0. The molecule has 16 nitrogen and oxygen atoms in total. The van der Waals surface area contributed by atoms with Crippen molar-refractivity contribution >= 4 is 75.4 Å². The van der Waals surface area contributed by atoms with Gasteiger partial charge in [-0.3, -0.25) is 24.0 Å². The van der Waals surface area contributed by atoms with Crippen LogP contribution in [0.25, 0.3) is 11.1 Å². The minimum atomic E-state index is -1.42. The molecule has 52 heavy (non-hydrogen) atoms. The molecule has 0 aromatic carbocycles. The number of nitrogens with one attached hydrogen (secondary N) is 2. The van der Waals surface area contributed by atoms with Crippen LogP contribution in [-0.2, 0) is 33.4 Å². The van der Waals surface area contributed by atoms with Gasteiger partial charge in [-0.25, -0.2) is 4.79 Å². The third-order valence-electron chi connectivity index (χ3n) is 9.00. The van der Waals surface area contributed by atoms with E-state index in [0.717, 1.165) is 0 Å². The molecule has 6 heterocycles. The third kappa shape index (κ3) is 7.46. The van der Waals surface area contributed by atoms with Crippen LogP contribution < -0.4 is 45.3 Å². The minimum Gasteiger partial charge on any atom is -0.543 e. The van der Waals surface area contributed by atoms with Gasteiger partial charge in [-0.15, -0.1) is 22.7 Å². The van der Waals surface area contributed by atoms with Gasteiger partial charge in [0.1, 0.15) is 5.70 Å². The summed E-state index contributed by atoms with van der Waals surface area (Å²) < 4.78 is 9.62. The van der Waals surface area contributed by atoms with Crippen LogP contribution in [0.2, 0.25) is 0 Å². The maximum absolute atomic E-state index is 12.6. The molecule has 0 unspecified atom stereocenters.